The standard InChI is InChI=1S/C6H16O3Si.C5H11N/c1-4-7-10(8-5-2)9-6-3;1-6-4-2-3-5-6/h10H,4-6H2,1-3H3;2-5H2,1H3. The third-order valence-corrected chi connectivity index (χ3v) is 4.05. The van der Waals surface area contributed by atoms with Crippen LogP contribution in [-0.2, 0) is 13.3 Å². The Morgan fingerprint density at radius 3 is 1.44 bits per heavy atom. The summed E-state index contributed by atoms with van der Waals surface area (Å²) >= 11 is 0. The van der Waals surface area contributed by atoms with Crippen LogP contribution in [0.2, 0.25) is 0 Å². The van der Waals surface area contributed by atoms with Gasteiger partial charge in [0.1, 0.15) is 0 Å². The van der Waals surface area contributed by atoms with Gasteiger partial charge in [0, 0.05) is 19.8 Å². The summed E-state index contributed by atoms with van der Waals surface area (Å²) in [5.74, 6) is 0. The molecule has 98 valence electrons. The molecular formula is C11H27NO3Si. The first-order chi connectivity index (χ1) is 7.74. The lowest BCUT2D eigenvalue weighted by Crippen LogP contribution is -2.27. The summed E-state index contributed by atoms with van der Waals surface area (Å²) in [6.07, 6.45) is 2.83. The maximum Gasteiger partial charge on any atom is 0.484 e. The van der Waals surface area contributed by atoms with Crippen molar-refractivity contribution in [3.8, 4) is 0 Å². The zero-order chi connectivity index (χ0) is 12.2. The highest BCUT2D eigenvalue weighted by Gasteiger charge is 2.11. The molecule has 0 spiro atoms. The van der Waals surface area contributed by atoms with Gasteiger partial charge in [-0.1, -0.05) is 0 Å². The molecule has 1 saturated heterocycles. The highest BCUT2D eigenvalue weighted by molar-refractivity contribution is 6.36. The van der Waals surface area contributed by atoms with E-state index >= 15 is 0 Å². The molecule has 0 N–H and O–H groups in total. The van der Waals surface area contributed by atoms with Crippen molar-refractivity contribution in [2.24, 2.45) is 0 Å². The third kappa shape index (κ3) is 9.29. The Labute approximate surface area is 102 Å². The molecule has 0 aromatic rings. The molecule has 16 heavy (non-hydrogen) atoms. The van der Waals surface area contributed by atoms with Gasteiger partial charge >= 0.3 is 9.53 Å². The highest BCUT2D eigenvalue weighted by atomic mass is 28.3. The minimum Gasteiger partial charge on any atom is -0.376 e. The van der Waals surface area contributed by atoms with Gasteiger partial charge in [-0.15, -0.1) is 0 Å². The summed E-state index contributed by atoms with van der Waals surface area (Å²) in [5, 5.41) is 0. The predicted octanol–water partition coefficient (Wildman–Crippen LogP) is 1.53. The Bertz CT molecular complexity index is 129. The van der Waals surface area contributed by atoms with Crippen molar-refractivity contribution in [1.82, 2.24) is 4.90 Å². The molecule has 0 radical (unpaired) electrons. The number of likely N-dealkylation sites (tertiary alicyclic amines) is 1. The Kier molecular flexibility index (Phi) is 11.6. The average molecular weight is 249 g/mol. The summed E-state index contributed by atoms with van der Waals surface area (Å²) in [4.78, 5) is 2.36. The van der Waals surface area contributed by atoms with Gasteiger partial charge in [0.15, 0.2) is 0 Å². The van der Waals surface area contributed by atoms with Crippen molar-refractivity contribution in [3.05, 3.63) is 0 Å². The second kappa shape index (κ2) is 11.5. The maximum absolute atomic E-state index is 5.22. The van der Waals surface area contributed by atoms with Crippen LogP contribution in [0.1, 0.15) is 33.6 Å². The molecule has 0 bridgehead atoms. The van der Waals surface area contributed by atoms with Crippen LogP contribution in [0.25, 0.3) is 0 Å². The smallest absolute Gasteiger partial charge is 0.376 e. The minimum atomic E-state index is -1.73. The molecule has 0 unspecified atom stereocenters. The van der Waals surface area contributed by atoms with Crippen LogP contribution in [0.4, 0.5) is 0 Å². The van der Waals surface area contributed by atoms with Crippen LogP contribution in [0, 0.1) is 0 Å². The fourth-order valence-electron chi connectivity index (χ4n) is 1.43. The molecule has 0 aromatic heterocycles. The molecule has 5 heteroatoms. The van der Waals surface area contributed by atoms with Gasteiger partial charge in [0.05, 0.1) is 0 Å². The molecule has 4 nitrogen and oxygen atoms in total. The van der Waals surface area contributed by atoms with Crippen molar-refractivity contribution < 1.29 is 13.3 Å². The van der Waals surface area contributed by atoms with Crippen molar-refractivity contribution >= 4 is 9.53 Å². The minimum absolute atomic E-state index is 0.677. The van der Waals surface area contributed by atoms with E-state index in [1.165, 1.54) is 25.9 Å². The molecule has 0 aromatic carbocycles. The lowest BCUT2D eigenvalue weighted by molar-refractivity contribution is 0.107. The van der Waals surface area contributed by atoms with E-state index in [4.69, 9.17) is 13.3 Å². The molecule has 0 atom stereocenters. The van der Waals surface area contributed by atoms with E-state index in [9.17, 15) is 0 Å². The second-order valence-electron chi connectivity index (χ2n) is 3.67. The third-order valence-electron chi connectivity index (χ3n) is 2.24. The largest absolute Gasteiger partial charge is 0.484 e. The zero-order valence-corrected chi connectivity index (χ0v) is 12.4. The van der Waals surface area contributed by atoms with Crippen LogP contribution >= 0.6 is 0 Å². The van der Waals surface area contributed by atoms with Gasteiger partial charge in [-0.05, 0) is 53.8 Å². The SMILES string of the molecule is CCO[SiH](OCC)OCC.CN1CCCC1. The van der Waals surface area contributed by atoms with E-state index < -0.39 is 9.53 Å². The zero-order valence-electron chi connectivity index (χ0n) is 11.2. The topological polar surface area (TPSA) is 30.9 Å². The number of nitrogens with zero attached hydrogens (tertiary/aromatic N) is 1. The Balaban J connectivity index is 0.000000315. The van der Waals surface area contributed by atoms with Gasteiger partial charge < -0.3 is 18.2 Å². The van der Waals surface area contributed by atoms with Crippen LogP contribution in [-0.4, -0.2) is 54.4 Å². The van der Waals surface area contributed by atoms with Crippen molar-refractivity contribution in [1.29, 1.82) is 0 Å². The summed E-state index contributed by atoms with van der Waals surface area (Å²) in [7, 11) is 0.440. The van der Waals surface area contributed by atoms with Gasteiger partial charge in [0.25, 0.3) is 0 Å². The molecule has 1 rings (SSSR count). The lowest BCUT2D eigenvalue weighted by Gasteiger charge is -2.12. The summed E-state index contributed by atoms with van der Waals surface area (Å²) in [5.41, 5.74) is 0. The summed E-state index contributed by atoms with van der Waals surface area (Å²) < 4.78 is 15.7. The van der Waals surface area contributed by atoms with E-state index in [1.54, 1.807) is 0 Å². The second-order valence-corrected chi connectivity index (χ2v) is 5.24. The Hall–Kier alpha value is 0.0569. The Morgan fingerprint density at radius 1 is 0.875 bits per heavy atom. The van der Waals surface area contributed by atoms with Gasteiger partial charge in [-0.3, -0.25) is 0 Å². The monoisotopic (exact) mass is 249 g/mol. The molecule has 0 aliphatic carbocycles. The molecular weight excluding hydrogens is 222 g/mol. The first-order valence-corrected chi connectivity index (χ1v) is 7.69. The fraction of sp³-hybridized carbons (Fsp3) is 1.00. The average Bonchev–Trinajstić information content (AvgIpc) is 2.71. The Morgan fingerprint density at radius 2 is 1.25 bits per heavy atom. The molecule has 1 aliphatic heterocycles. The van der Waals surface area contributed by atoms with E-state index in [0.717, 1.165) is 0 Å². The van der Waals surface area contributed by atoms with E-state index in [-0.39, 0.29) is 0 Å². The molecule has 0 saturated carbocycles. The van der Waals surface area contributed by atoms with Crippen LogP contribution < -0.4 is 0 Å². The van der Waals surface area contributed by atoms with E-state index in [1.807, 2.05) is 20.8 Å². The lowest BCUT2D eigenvalue weighted by atomic mass is 10.4. The first kappa shape index (κ1) is 16.1. The predicted molar refractivity (Wildman–Crippen MR) is 68.8 cm³/mol. The quantitative estimate of drug-likeness (QED) is 0.668. The van der Waals surface area contributed by atoms with Crippen LogP contribution in [0.15, 0.2) is 0 Å². The number of hydrogen-bond acceptors (Lipinski definition) is 4. The van der Waals surface area contributed by atoms with Gasteiger partial charge in [-0.2, -0.15) is 0 Å². The highest BCUT2D eigenvalue weighted by Crippen LogP contribution is 2.02. The molecule has 0 amide bonds. The fourth-order valence-corrected chi connectivity index (χ4v) is 2.53. The molecule has 1 fully saturated rings. The summed E-state index contributed by atoms with van der Waals surface area (Å²) in [6, 6.07) is 0. The van der Waals surface area contributed by atoms with Gasteiger partial charge in [-0.25, -0.2) is 0 Å². The molecule has 1 aliphatic rings. The van der Waals surface area contributed by atoms with Crippen LogP contribution in [0.3, 0.4) is 0 Å². The van der Waals surface area contributed by atoms with Crippen LogP contribution in [0.5, 0.6) is 0 Å². The first-order valence-electron chi connectivity index (χ1n) is 6.27. The number of rotatable bonds is 6. The van der Waals surface area contributed by atoms with Crippen molar-refractivity contribution in [2.75, 3.05) is 40.0 Å². The van der Waals surface area contributed by atoms with Crippen molar-refractivity contribution in [3.63, 3.8) is 0 Å². The normalized spacial score (nSPS) is 16.3. The van der Waals surface area contributed by atoms with E-state index in [2.05, 4.69) is 11.9 Å². The maximum atomic E-state index is 5.22. The summed E-state index contributed by atoms with van der Waals surface area (Å²) in [6.45, 7) is 10.5. The number of hydrogen-bond donors (Lipinski definition) is 0. The molecule has 1 heterocycles. The van der Waals surface area contributed by atoms with E-state index in [0.29, 0.717) is 19.8 Å². The van der Waals surface area contributed by atoms with Gasteiger partial charge in [0.2, 0.25) is 0 Å². The van der Waals surface area contributed by atoms with Crippen molar-refractivity contribution in [2.45, 2.75) is 33.6 Å².